The number of nitrogens with zero attached hydrogens (tertiary/aromatic N) is 3. The van der Waals surface area contributed by atoms with E-state index < -0.39 is 0 Å². The maximum absolute atomic E-state index is 13.4. The molecular formula is C23H19FN4O2. The molecule has 5 rings (SSSR count). The number of aromatic amines is 1. The lowest BCUT2D eigenvalue weighted by atomic mass is 10.1. The van der Waals surface area contributed by atoms with Crippen molar-refractivity contribution in [3.05, 3.63) is 94.0 Å². The molecule has 0 unspecified atom stereocenters. The first kappa shape index (κ1) is 18.4. The largest absolute Gasteiger partial charge is 0.461 e. The zero-order chi connectivity index (χ0) is 20.5. The minimum atomic E-state index is -0.278. The van der Waals surface area contributed by atoms with Crippen molar-refractivity contribution in [1.29, 1.82) is 0 Å². The van der Waals surface area contributed by atoms with E-state index in [0.29, 0.717) is 36.7 Å². The zero-order valence-electron chi connectivity index (χ0n) is 16.1. The van der Waals surface area contributed by atoms with E-state index in [1.54, 1.807) is 30.7 Å². The Kier molecular flexibility index (Phi) is 4.72. The lowest BCUT2D eigenvalue weighted by Gasteiger charge is -2.27. The fraction of sp³-hybridized carbons (Fsp3) is 0.174. The van der Waals surface area contributed by atoms with Crippen molar-refractivity contribution in [3.8, 4) is 22.8 Å². The lowest BCUT2D eigenvalue weighted by molar-refractivity contribution is 0.241. The van der Waals surface area contributed by atoms with Crippen molar-refractivity contribution >= 4 is 0 Å². The Morgan fingerprint density at radius 2 is 2.10 bits per heavy atom. The van der Waals surface area contributed by atoms with Gasteiger partial charge in [-0.3, -0.25) is 14.7 Å². The average molecular weight is 402 g/mol. The van der Waals surface area contributed by atoms with Crippen LogP contribution in [0.3, 0.4) is 0 Å². The van der Waals surface area contributed by atoms with E-state index in [4.69, 9.17) is 4.42 Å². The van der Waals surface area contributed by atoms with Crippen LogP contribution in [0.15, 0.2) is 70.2 Å². The molecule has 1 aromatic carbocycles. The highest BCUT2D eigenvalue weighted by molar-refractivity contribution is 5.58. The number of furan rings is 1. The molecule has 0 spiro atoms. The summed E-state index contributed by atoms with van der Waals surface area (Å²) in [5.74, 6) is 0.746. The molecule has 30 heavy (non-hydrogen) atoms. The molecule has 0 aliphatic carbocycles. The van der Waals surface area contributed by atoms with E-state index in [1.807, 2.05) is 18.2 Å². The minimum Gasteiger partial charge on any atom is -0.461 e. The van der Waals surface area contributed by atoms with Gasteiger partial charge in [-0.2, -0.15) is 0 Å². The number of pyridine rings is 1. The van der Waals surface area contributed by atoms with Gasteiger partial charge in [-0.15, -0.1) is 0 Å². The molecule has 1 aliphatic heterocycles. The van der Waals surface area contributed by atoms with Crippen LogP contribution in [-0.2, 0) is 19.5 Å². The number of hydrogen-bond donors (Lipinski definition) is 1. The molecule has 0 atom stereocenters. The predicted molar refractivity (Wildman–Crippen MR) is 110 cm³/mol. The number of fused-ring (bicyclic) bond motifs is 1. The molecule has 0 saturated carbocycles. The lowest BCUT2D eigenvalue weighted by Crippen LogP contribution is -2.35. The van der Waals surface area contributed by atoms with Gasteiger partial charge in [-0.05, 0) is 35.9 Å². The van der Waals surface area contributed by atoms with Gasteiger partial charge in [-0.25, -0.2) is 9.37 Å². The van der Waals surface area contributed by atoms with Gasteiger partial charge >= 0.3 is 0 Å². The molecule has 7 heteroatoms. The quantitative estimate of drug-likeness (QED) is 0.562. The summed E-state index contributed by atoms with van der Waals surface area (Å²) in [5.41, 5.74) is 3.90. The molecule has 6 nitrogen and oxygen atoms in total. The van der Waals surface area contributed by atoms with Gasteiger partial charge in [0.15, 0.2) is 11.6 Å². The monoisotopic (exact) mass is 402 g/mol. The van der Waals surface area contributed by atoms with Gasteiger partial charge in [0.2, 0.25) is 0 Å². The molecule has 0 bridgehead atoms. The first-order chi connectivity index (χ1) is 14.7. The smallest absolute Gasteiger partial charge is 0.256 e. The molecular weight excluding hydrogens is 383 g/mol. The second-order valence-electron chi connectivity index (χ2n) is 7.34. The highest BCUT2D eigenvalue weighted by Gasteiger charge is 2.22. The van der Waals surface area contributed by atoms with Gasteiger partial charge < -0.3 is 9.40 Å². The van der Waals surface area contributed by atoms with Crippen molar-refractivity contribution in [2.24, 2.45) is 0 Å². The summed E-state index contributed by atoms with van der Waals surface area (Å²) in [4.78, 5) is 26.7. The number of hydrogen-bond acceptors (Lipinski definition) is 5. The molecule has 150 valence electrons. The fourth-order valence-electron chi connectivity index (χ4n) is 3.74. The van der Waals surface area contributed by atoms with Crippen LogP contribution in [0.1, 0.15) is 16.8 Å². The average Bonchev–Trinajstić information content (AvgIpc) is 3.30. The van der Waals surface area contributed by atoms with Crippen LogP contribution in [0.5, 0.6) is 0 Å². The summed E-state index contributed by atoms with van der Waals surface area (Å²) in [6, 6.07) is 13.8. The SMILES string of the molecule is O=c1[nH]c(-c2ccco2)nc2c1CN(Cc1ccc(-c3cccc(F)c3)nc1)CC2. The summed E-state index contributed by atoms with van der Waals surface area (Å²) in [5, 5.41) is 0. The number of H-pyrrole nitrogens is 1. The van der Waals surface area contributed by atoms with E-state index in [-0.39, 0.29) is 11.4 Å². The van der Waals surface area contributed by atoms with E-state index in [9.17, 15) is 9.18 Å². The second kappa shape index (κ2) is 7.68. The topological polar surface area (TPSA) is 75.0 Å². The molecule has 0 fully saturated rings. The minimum absolute atomic E-state index is 0.129. The molecule has 0 saturated heterocycles. The standard InChI is InChI=1S/C23H19FN4O2/c24-17-4-1-3-16(11-17)19-7-6-15(12-25-19)13-28-9-8-20-18(14-28)23(29)27-22(26-20)21-5-2-10-30-21/h1-7,10-12H,8-9,13-14H2,(H,26,27,29). The first-order valence-electron chi connectivity index (χ1n) is 9.75. The highest BCUT2D eigenvalue weighted by Crippen LogP contribution is 2.22. The van der Waals surface area contributed by atoms with Crippen LogP contribution in [-0.4, -0.2) is 26.4 Å². The molecule has 0 amide bonds. The Hall–Kier alpha value is -3.58. The maximum atomic E-state index is 13.4. The number of benzene rings is 1. The number of rotatable bonds is 4. The zero-order valence-corrected chi connectivity index (χ0v) is 16.1. The molecule has 1 N–H and O–H groups in total. The predicted octanol–water partition coefficient (Wildman–Crippen LogP) is 3.79. The Bertz CT molecular complexity index is 1230. The third-order valence-corrected chi connectivity index (χ3v) is 5.25. The van der Waals surface area contributed by atoms with Crippen molar-refractivity contribution in [2.75, 3.05) is 6.54 Å². The Balaban J connectivity index is 1.31. The van der Waals surface area contributed by atoms with Crippen LogP contribution in [0.2, 0.25) is 0 Å². The summed E-state index contributed by atoms with van der Waals surface area (Å²) in [6.07, 6.45) is 4.06. The first-order valence-corrected chi connectivity index (χ1v) is 9.75. The van der Waals surface area contributed by atoms with Gasteiger partial charge in [0.05, 0.1) is 23.2 Å². The second-order valence-corrected chi connectivity index (χ2v) is 7.34. The van der Waals surface area contributed by atoms with Gasteiger partial charge in [-0.1, -0.05) is 18.2 Å². The maximum Gasteiger partial charge on any atom is 0.256 e. The van der Waals surface area contributed by atoms with Crippen molar-refractivity contribution in [3.63, 3.8) is 0 Å². The van der Waals surface area contributed by atoms with Crippen LogP contribution in [0.25, 0.3) is 22.8 Å². The van der Waals surface area contributed by atoms with Crippen LogP contribution in [0.4, 0.5) is 4.39 Å². The summed E-state index contributed by atoms with van der Waals surface area (Å²) in [6.45, 7) is 2.00. The summed E-state index contributed by atoms with van der Waals surface area (Å²) < 4.78 is 18.8. The Labute approximate surface area is 172 Å². The van der Waals surface area contributed by atoms with Crippen molar-refractivity contribution in [1.82, 2.24) is 19.9 Å². The molecule has 4 aromatic rings. The molecule has 1 aliphatic rings. The fourth-order valence-corrected chi connectivity index (χ4v) is 3.74. The van der Waals surface area contributed by atoms with Gasteiger partial charge in [0.25, 0.3) is 5.56 Å². The van der Waals surface area contributed by atoms with E-state index in [0.717, 1.165) is 29.1 Å². The normalized spacial score (nSPS) is 13.9. The van der Waals surface area contributed by atoms with Crippen molar-refractivity contribution in [2.45, 2.75) is 19.5 Å². The Morgan fingerprint density at radius 3 is 2.87 bits per heavy atom. The molecule has 3 aromatic heterocycles. The van der Waals surface area contributed by atoms with Crippen molar-refractivity contribution < 1.29 is 8.81 Å². The highest BCUT2D eigenvalue weighted by atomic mass is 19.1. The van der Waals surface area contributed by atoms with Gasteiger partial charge in [0.1, 0.15) is 5.82 Å². The number of nitrogens with one attached hydrogen (secondary N) is 1. The number of halogens is 1. The van der Waals surface area contributed by atoms with Gasteiger partial charge in [0, 0.05) is 37.8 Å². The Morgan fingerprint density at radius 1 is 1.17 bits per heavy atom. The summed E-state index contributed by atoms with van der Waals surface area (Å²) in [7, 11) is 0. The van der Waals surface area contributed by atoms with Crippen LogP contribution >= 0.6 is 0 Å². The molecule has 4 heterocycles. The number of aromatic nitrogens is 3. The van der Waals surface area contributed by atoms with Crippen LogP contribution in [0, 0.1) is 5.82 Å². The third-order valence-electron chi connectivity index (χ3n) is 5.25. The van der Waals surface area contributed by atoms with E-state index >= 15 is 0 Å². The van der Waals surface area contributed by atoms with E-state index in [1.165, 1.54) is 12.1 Å². The van der Waals surface area contributed by atoms with Crippen LogP contribution < -0.4 is 5.56 Å². The third kappa shape index (κ3) is 3.67. The van der Waals surface area contributed by atoms with E-state index in [2.05, 4.69) is 19.9 Å². The summed E-state index contributed by atoms with van der Waals surface area (Å²) >= 11 is 0. The molecule has 0 radical (unpaired) electrons.